The number of hydrogen-bond acceptors (Lipinski definition) is 5. The molecule has 0 aliphatic rings. The van der Waals surface area contributed by atoms with Crippen LogP contribution in [-0.2, 0) is 16.6 Å². The van der Waals surface area contributed by atoms with E-state index in [1.54, 1.807) is 50.5 Å². The fraction of sp³-hybridized carbons (Fsp3) is 0.333. The van der Waals surface area contributed by atoms with Crippen LogP contribution in [0.1, 0.15) is 18.7 Å². The van der Waals surface area contributed by atoms with Crippen LogP contribution in [0, 0.1) is 0 Å². The molecule has 0 fully saturated rings. The van der Waals surface area contributed by atoms with Gasteiger partial charge in [-0.05, 0) is 24.3 Å². The molecule has 0 aromatic carbocycles. The van der Waals surface area contributed by atoms with Gasteiger partial charge < -0.3 is 10.6 Å². The summed E-state index contributed by atoms with van der Waals surface area (Å²) < 4.78 is 26.5. The van der Waals surface area contributed by atoms with Crippen molar-refractivity contribution in [3.05, 3.63) is 41.5 Å². The maximum Gasteiger partial charge on any atom is 0.319 e. The molecule has 0 aliphatic heterocycles. The summed E-state index contributed by atoms with van der Waals surface area (Å²) in [5.41, 5.74) is 0.589. The molecule has 0 saturated carbocycles. The van der Waals surface area contributed by atoms with Gasteiger partial charge >= 0.3 is 6.03 Å². The summed E-state index contributed by atoms with van der Waals surface area (Å²) in [5.74, 6) is 0. The average Bonchev–Trinajstić information content (AvgIpc) is 3.04. The minimum Gasteiger partial charge on any atom is -0.333 e. The number of carbonyl (C=O) groups excluding carboxylic acids is 1. The molecule has 9 heteroatoms. The number of thiophene rings is 1. The lowest BCUT2D eigenvalue weighted by atomic mass is 10.4. The van der Waals surface area contributed by atoms with Crippen molar-refractivity contribution in [1.29, 1.82) is 0 Å². The van der Waals surface area contributed by atoms with Gasteiger partial charge in [0.05, 0.1) is 18.4 Å². The van der Waals surface area contributed by atoms with Crippen LogP contribution in [0.5, 0.6) is 0 Å². The molecule has 2 N–H and O–H groups in total. The molecular formula is C15H20N4O3S2. The molecule has 2 amide bonds. The van der Waals surface area contributed by atoms with Crippen molar-refractivity contribution in [1.82, 2.24) is 14.6 Å². The monoisotopic (exact) mass is 368 g/mol. The summed E-state index contributed by atoms with van der Waals surface area (Å²) in [6.07, 6.45) is 3.16. The van der Waals surface area contributed by atoms with E-state index < -0.39 is 10.0 Å². The Kier molecular flexibility index (Phi) is 6.29. The highest BCUT2D eigenvalue weighted by Crippen LogP contribution is 2.24. The number of pyridine rings is 1. The maximum atomic E-state index is 12.4. The van der Waals surface area contributed by atoms with Gasteiger partial charge in [0.15, 0.2) is 0 Å². The molecule has 2 aromatic heterocycles. The van der Waals surface area contributed by atoms with Crippen LogP contribution < -0.4 is 10.6 Å². The lowest BCUT2D eigenvalue weighted by Gasteiger charge is -2.16. The van der Waals surface area contributed by atoms with Gasteiger partial charge in [0.1, 0.15) is 4.21 Å². The Balaban J connectivity index is 1.95. The van der Waals surface area contributed by atoms with Crippen LogP contribution in [0.15, 0.2) is 40.9 Å². The zero-order valence-corrected chi connectivity index (χ0v) is 15.2. The van der Waals surface area contributed by atoms with E-state index in [9.17, 15) is 13.2 Å². The zero-order valence-electron chi connectivity index (χ0n) is 13.5. The number of anilines is 1. The van der Waals surface area contributed by atoms with Crippen LogP contribution >= 0.6 is 11.3 Å². The Hall–Kier alpha value is -1.97. The number of amides is 2. The van der Waals surface area contributed by atoms with Crippen molar-refractivity contribution in [2.24, 2.45) is 0 Å². The van der Waals surface area contributed by atoms with E-state index in [1.807, 2.05) is 0 Å². The van der Waals surface area contributed by atoms with E-state index in [0.717, 1.165) is 16.2 Å². The maximum absolute atomic E-state index is 12.4. The molecule has 0 atom stereocenters. The lowest BCUT2D eigenvalue weighted by Crippen LogP contribution is -2.30. The fourth-order valence-corrected chi connectivity index (χ4v) is 4.97. The first kappa shape index (κ1) is 18.4. The van der Waals surface area contributed by atoms with Gasteiger partial charge in [0.25, 0.3) is 10.0 Å². The molecule has 0 radical (unpaired) electrons. The van der Waals surface area contributed by atoms with Crippen LogP contribution in [0.3, 0.4) is 0 Å². The van der Waals surface area contributed by atoms with Crippen molar-refractivity contribution < 1.29 is 13.2 Å². The lowest BCUT2D eigenvalue weighted by molar-refractivity contribution is 0.252. The minimum absolute atomic E-state index is 0.254. The Morgan fingerprint density at radius 1 is 1.25 bits per heavy atom. The van der Waals surface area contributed by atoms with Crippen molar-refractivity contribution in [3.8, 4) is 0 Å². The van der Waals surface area contributed by atoms with Crippen molar-refractivity contribution in [2.45, 2.75) is 24.6 Å². The van der Waals surface area contributed by atoms with Crippen LogP contribution in [0.2, 0.25) is 0 Å². The summed E-state index contributed by atoms with van der Waals surface area (Å²) in [7, 11) is -3.45. The molecule has 0 unspecified atom stereocenters. The largest absolute Gasteiger partial charge is 0.333 e. The Morgan fingerprint density at radius 3 is 2.62 bits per heavy atom. The van der Waals surface area contributed by atoms with Gasteiger partial charge in [-0.2, -0.15) is 4.31 Å². The van der Waals surface area contributed by atoms with Gasteiger partial charge in [-0.3, -0.25) is 4.98 Å². The first-order valence-electron chi connectivity index (χ1n) is 7.51. The number of rotatable bonds is 7. The van der Waals surface area contributed by atoms with Gasteiger partial charge in [-0.25, -0.2) is 13.2 Å². The number of hydrogen-bond donors (Lipinski definition) is 2. The second-order valence-electron chi connectivity index (χ2n) is 4.86. The number of nitrogens with zero attached hydrogens (tertiary/aromatic N) is 2. The van der Waals surface area contributed by atoms with Crippen LogP contribution in [0.25, 0.3) is 0 Å². The molecule has 2 aromatic rings. The number of aromatic nitrogens is 1. The van der Waals surface area contributed by atoms with E-state index in [0.29, 0.717) is 18.8 Å². The second kappa shape index (κ2) is 8.22. The van der Waals surface area contributed by atoms with E-state index in [1.165, 1.54) is 4.31 Å². The van der Waals surface area contributed by atoms with Crippen molar-refractivity contribution in [3.63, 3.8) is 0 Å². The predicted octanol–water partition coefficient (Wildman–Crippen LogP) is 2.50. The highest BCUT2D eigenvalue weighted by molar-refractivity contribution is 7.91. The van der Waals surface area contributed by atoms with Crippen LogP contribution in [0.4, 0.5) is 10.5 Å². The van der Waals surface area contributed by atoms with Gasteiger partial charge in [0.2, 0.25) is 0 Å². The summed E-state index contributed by atoms with van der Waals surface area (Å²) >= 11 is 1.16. The fourth-order valence-electron chi connectivity index (χ4n) is 2.06. The number of urea groups is 1. The smallest absolute Gasteiger partial charge is 0.319 e. The third-order valence-corrected chi connectivity index (χ3v) is 6.88. The normalized spacial score (nSPS) is 11.5. The number of carbonyl (C=O) groups is 1. The summed E-state index contributed by atoms with van der Waals surface area (Å²) in [6, 6.07) is 6.37. The van der Waals surface area contributed by atoms with E-state index in [-0.39, 0.29) is 16.8 Å². The molecular weight excluding hydrogens is 348 g/mol. The first-order chi connectivity index (χ1) is 11.5. The summed E-state index contributed by atoms with van der Waals surface area (Å²) in [4.78, 5) is 16.5. The summed E-state index contributed by atoms with van der Waals surface area (Å²) in [6.45, 7) is 4.72. The Bertz CT molecular complexity index is 771. The first-order valence-corrected chi connectivity index (χ1v) is 9.76. The van der Waals surface area contributed by atoms with Gasteiger partial charge in [0, 0.05) is 24.2 Å². The molecule has 130 valence electrons. The number of sulfonamides is 1. The quantitative estimate of drug-likeness (QED) is 0.785. The summed E-state index contributed by atoms with van der Waals surface area (Å²) in [5, 5.41) is 5.34. The molecule has 0 saturated heterocycles. The van der Waals surface area contributed by atoms with Gasteiger partial charge in [-0.15, -0.1) is 11.3 Å². The van der Waals surface area contributed by atoms with Crippen molar-refractivity contribution >= 4 is 33.1 Å². The molecule has 2 heterocycles. The van der Waals surface area contributed by atoms with E-state index >= 15 is 0 Å². The third kappa shape index (κ3) is 4.53. The SMILES string of the molecule is CCN(CC)S(=O)(=O)c1ccc(CNC(=O)Nc2cccnc2)s1. The second-order valence-corrected chi connectivity index (χ2v) is 8.19. The Labute approximate surface area is 145 Å². The van der Waals surface area contributed by atoms with Gasteiger partial charge in [-0.1, -0.05) is 13.8 Å². The average molecular weight is 368 g/mol. The molecule has 0 bridgehead atoms. The van der Waals surface area contributed by atoms with E-state index in [4.69, 9.17) is 0 Å². The molecule has 0 aliphatic carbocycles. The molecule has 0 spiro atoms. The highest BCUT2D eigenvalue weighted by Gasteiger charge is 2.23. The Morgan fingerprint density at radius 2 is 2.00 bits per heavy atom. The number of nitrogens with one attached hydrogen (secondary N) is 2. The highest BCUT2D eigenvalue weighted by atomic mass is 32.2. The molecule has 2 rings (SSSR count). The molecule has 24 heavy (non-hydrogen) atoms. The third-order valence-electron chi connectivity index (χ3n) is 3.28. The minimum atomic E-state index is -3.45. The van der Waals surface area contributed by atoms with Crippen LogP contribution in [-0.4, -0.2) is 36.8 Å². The predicted molar refractivity (Wildman–Crippen MR) is 94.5 cm³/mol. The van der Waals surface area contributed by atoms with E-state index in [2.05, 4.69) is 15.6 Å². The zero-order chi connectivity index (χ0) is 17.6. The standard InChI is InChI=1S/C15H20N4O3S2/c1-3-19(4-2)24(21,22)14-8-7-13(23-14)11-17-15(20)18-12-6-5-9-16-10-12/h5-10H,3-4,11H2,1-2H3,(H2,17,18,20). The molecule has 7 nitrogen and oxygen atoms in total. The van der Waals surface area contributed by atoms with Crippen molar-refractivity contribution in [2.75, 3.05) is 18.4 Å². The topological polar surface area (TPSA) is 91.4 Å².